The van der Waals surface area contributed by atoms with E-state index in [0.717, 1.165) is 11.1 Å². The lowest BCUT2D eigenvalue weighted by Gasteiger charge is -2.50. The minimum Gasteiger partial charge on any atom is -0.507 e. The molecule has 1 aromatic rings. The normalized spacial score (nSPS) is 35.1. The number of cyclic esters (lactones) is 2. The van der Waals surface area contributed by atoms with Gasteiger partial charge in [0.1, 0.15) is 48.1 Å². The average Bonchev–Trinajstić information content (AvgIpc) is 3.66. The van der Waals surface area contributed by atoms with Crippen LogP contribution < -0.4 is 4.74 Å². The molecule has 5 N–H and O–H groups in total. The summed E-state index contributed by atoms with van der Waals surface area (Å²) >= 11 is 0. The Hall–Kier alpha value is -3.39. The summed E-state index contributed by atoms with van der Waals surface area (Å²) in [5.74, 6) is -3.35. The summed E-state index contributed by atoms with van der Waals surface area (Å²) < 4.78 is 35.8. The number of ether oxygens (including phenoxy) is 6. The lowest BCUT2D eigenvalue weighted by Crippen LogP contribution is -2.63. The Kier molecular flexibility index (Phi) is 19.7. The Morgan fingerprint density at radius 3 is 2.31 bits per heavy atom. The quantitative estimate of drug-likeness (QED) is 0.101. The van der Waals surface area contributed by atoms with Crippen LogP contribution in [0.1, 0.15) is 121 Å². The molecule has 1 aromatic carbocycles. The van der Waals surface area contributed by atoms with Gasteiger partial charge in [0, 0.05) is 48.6 Å². The Morgan fingerprint density at radius 1 is 1.04 bits per heavy atom. The van der Waals surface area contributed by atoms with Crippen LogP contribution in [0.15, 0.2) is 11.6 Å². The molecule has 14 atom stereocenters. The minimum atomic E-state index is -1.79. The van der Waals surface area contributed by atoms with Gasteiger partial charge in [-0.05, 0) is 120 Å². The van der Waals surface area contributed by atoms with Gasteiger partial charge < -0.3 is 63.8 Å². The van der Waals surface area contributed by atoms with E-state index in [9.17, 15) is 39.9 Å². The van der Waals surface area contributed by atoms with Crippen LogP contribution in [-0.4, -0.2) is 179 Å². The molecular formula is C50H83N3O14. The van der Waals surface area contributed by atoms with Crippen LogP contribution in [0.5, 0.6) is 11.5 Å². The largest absolute Gasteiger partial charge is 0.507 e. The molecule has 0 spiro atoms. The van der Waals surface area contributed by atoms with Gasteiger partial charge in [0.05, 0.1) is 43.0 Å². The number of allylic oxidation sites excluding steroid dienone is 2. The number of nitrogens with zero attached hydrogens (tertiary/aromatic N) is 3. The molecular weight excluding hydrogens is 867 g/mol. The number of hydrogen-bond donors (Lipinski definition) is 5. The number of phenols is 1. The molecule has 2 saturated heterocycles. The molecule has 0 aliphatic carbocycles. The first-order chi connectivity index (χ1) is 31.2. The summed E-state index contributed by atoms with van der Waals surface area (Å²) in [4.78, 5) is 45.1. The molecule has 0 saturated carbocycles. The molecule has 0 unspecified atom stereocenters. The number of hydrogen-bond acceptors (Lipinski definition) is 17. The number of benzene rings is 1. The lowest BCUT2D eigenvalue weighted by atomic mass is 9.78. The first kappa shape index (κ1) is 56.2. The maximum atomic E-state index is 13.7. The standard InChI is InChI=1S/C50H83N3O14/c1-16-37-50(10,61)44(57)33(8)53(14)25-28(3)24-49(9,60)45(31(6)41(55)32(7)46(58)66-37)67-48-40(51(11)12)36(23-29(4)65-48)52(13)21-22-63-38(54)20-18-27(2)17-19-34-42(56)39-35(26-64-47(39)59)30(5)43(34)62-15/h17,28-29,31-33,36-37,40-41,44-45,48,55-57,60-61H,16,18-26H2,1-15H3/b27-17+/t28-,29-,31+,32-,33-,36-,37-,40+,41+,44-,45-,48+,49-,50-/m1/s1. The third kappa shape index (κ3) is 13.1. The Labute approximate surface area is 398 Å². The smallest absolute Gasteiger partial charge is 0.342 e. The van der Waals surface area contributed by atoms with Crippen molar-refractivity contribution in [2.75, 3.05) is 55.0 Å². The number of aliphatic hydroxyl groups is 4. The molecule has 3 aliphatic heterocycles. The first-order valence-corrected chi connectivity index (χ1v) is 24.0. The number of phenolic OH excluding ortho intramolecular Hbond substituents is 1. The van der Waals surface area contributed by atoms with Crippen LogP contribution in [0, 0.1) is 24.7 Å². The Balaban J connectivity index is 1.47. The summed E-state index contributed by atoms with van der Waals surface area (Å²) in [5.41, 5.74) is -0.408. The Bertz CT molecular complexity index is 1890. The molecule has 17 heteroatoms. The highest BCUT2D eigenvalue weighted by atomic mass is 16.7. The van der Waals surface area contributed by atoms with E-state index in [-0.39, 0.29) is 73.9 Å². The molecule has 67 heavy (non-hydrogen) atoms. The van der Waals surface area contributed by atoms with Crippen LogP contribution in [0.3, 0.4) is 0 Å². The average molecular weight is 950 g/mol. The maximum absolute atomic E-state index is 13.7. The van der Waals surface area contributed by atoms with Crippen LogP contribution in [0.4, 0.5) is 0 Å². The van der Waals surface area contributed by atoms with Crippen molar-refractivity contribution in [2.24, 2.45) is 17.8 Å². The summed E-state index contributed by atoms with van der Waals surface area (Å²) in [6.45, 7) is 18.7. The lowest BCUT2D eigenvalue weighted by molar-refractivity contribution is -0.287. The predicted molar refractivity (Wildman–Crippen MR) is 252 cm³/mol. The second-order valence-electron chi connectivity index (χ2n) is 20.5. The van der Waals surface area contributed by atoms with Crippen LogP contribution in [0.25, 0.3) is 0 Å². The van der Waals surface area contributed by atoms with Gasteiger partial charge in [0.25, 0.3) is 0 Å². The highest BCUT2D eigenvalue weighted by Gasteiger charge is 2.50. The zero-order chi connectivity index (χ0) is 50.5. The van der Waals surface area contributed by atoms with Crippen molar-refractivity contribution in [1.82, 2.24) is 14.7 Å². The van der Waals surface area contributed by atoms with Crippen molar-refractivity contribution in [3.63, 3.8) is 0 Å². The highest BCUT2D eigenvalue weighted by molar-refractivity contribution is 5.98. The molecule has 2 fully saturated rings. The van der Waals surface area contributed by atoms with E-state index in [2.05, 4.69) is 4.90 Å². The zero-order valence-corrected chi connectivity index (χ0v) is 42.8. The SMILES string of the molecule is CC[C@H]1OC(=O)[C@H](C)[C@@H](O)[C@H](C)[C@@H](O[C@@H]2O[C@H](C)C[C@@H](N(C)CCOC(=O)CC/C(C)=C/Cc3c(O)c4c(c(C)c3OC)COC4=O)[C@@H]2N(C)C)[C@](C)(O)C[C@@H](C)CN(C)[C@H](C)[C@@H](O)[C@]1(C)O. The van der Waals surface area contributed by atoms with Crippen molar-refractivity contribution >= 4 is 17.9 Å². The van der Waals surface area contributed by atoms with E-state index in [1.807, 2.05) is 71.8 Å². The van der Waals surface area contributed by atoms with Crippen LogP contribution in [-0.2, 0) is 46.3 Å². The van der Waals surface area contributed by atoms with Crippen LogP contribution >= 0.6 is 0 Å². The fraction of sp³-hybridized carbons (Fsp3) is 0.780. The fourth-order valence-electron chi connectivity index (χ4n) is 10.5. The molecule has 3 aliphatic rings. The molecule has 0 radical (unpaired) electrons. The number of carbonyl (C=O) groups excluding carboxylic acids is 3. The molecule has 4 rings (SSSR count). The third-order valence-electron chi connectivity index (χ3n) is 14.7. The van der Waals surface area contributed by atoms with Gasteiger partial charge in [0.15, 0.2) is 6.29 Å². The number of aliphatic hydroxyl groups excluding tert-OH is 2. The van der Waals surface area contributed by atoms with Gasteiger partial charge in [-0.2, -0.15) is 0 Å². The van der Waals surface area contributed by atoms with E-state index >= 15 is 0 Å². The topological polar surface area (TPSA) is 217 Å². The molecule has 0 bridgehead atoms. The molecule has 0 aromatic heterocycles. The number of aromatic hydroxyl groups is 1. The molecule has 17 nitrogen and oxygen atoms in total. The van der Waals surface area contributed by atoms with Crippen molar-refractivity contribution in [1.29, 1.82) is 0 Å². The van der Waals surface area contributed by atoms with E-state index in [4.69, 9.17) is 28.4 Å². The second kappa shape index (κ2) is 23.5. The number of likely N-dealkylation sites (N-methyl/N-ethyl adjacent to an activating group) is 3. The minimum absolute atomic E-state index is 0.0898. The summed E-state index contributed by atoms with van der Waals surface area (Å²) in [6.07, 6.45) is -2.01. The number of fused-ring (bicyclic) bond motifs is 1. The van der Waals surface area contributed by atoms with Crippen LogP contribution in [0.2, 0.25) is 0 Å². The van der Waals surface area contributed by atoms with Gasteiger partial charge in [-0.25, -0.2) is 4.79 Å². The summed E-state index contributed by atoms with van der Waals surface area (Å²) in [6, 6.07) is -1.06. The third-order valence-corrected chi connectivity index (χ3v) is 14.7. The highest BCUT2D eigenvalue weighted by Crippen LogP contribution is 2.42. The van der Waals surface area contributed by atoms with E-state index in [1.165, 1.54) is 14.0 Å². The number of methoxy groups -OCH3 is 1. The van der Waals surface area contributed by atoms with E-state index in [1.54, 1.807) is 34.6 Å². The van der Waals surface area contributed by atoms with Gasteiger partial charge in [0.2, 0.25) is 0 Å². The monoisotopic (exact) mass is 950 g/mol. The van der Waals surface area contributed by atoms with Crippen molar-refractivity contribution in [3.05, 3.63) is 33.9 Å². The van der Waals surface area contributed by atoms with E-state index in [0.29, 0.717) is 49.2 Å². The van der Waals surface area contributed by atoms with Crippen molar-refractivity contribution in [3.8, 4) is 11.5 Å². The number of rotatable bonds is 14. The van der Waals surface area contributed by atoms with Gasteiger partial charge >= 0.3 is 17.9 Å². The molecule has 3 heterocycles. The summed E-state index contributed by atoms with van der Waals surface area (Å²) in [5, 5.41) is 58.3. The number of esters is 3. The Morgan fingerprint density at radius 2 is 1.70 bits per heavy atom. The van der Waals surface area contributed by atoms with Gasteiger partial charge in [-0.3, -0.25) is 14.5 Å². The van der Waals surface area contributed by atoms with E-state index < -0.39 is 71.7 Å². The van der Waals surface area contributed by atoms with Gasteiger partial charge in [-0.15, -0.1) is 0 Å². The summed E-state index contributed by atoms with van der Waals surface area (Å²) in [7, 11) is 9.16. The van der Waals surface area contributed by atoms with Crippen molar-refractivity contribution < 1.29 is 68.3 Å². The first-order valence-electron chi connectivity index (χ1n) is 24.0. The molecule has 382 valence electrons. The predicted octanol–water partition coefficient (Wildman–Crippen LogP) is 4.12. The second-order valence-corrected chi connectivity index (χ2v) is 20.5. The maximum Gasteiger partial charge on any atom is 0.342 e. The zero-order valence-electron chi connectivity index (χ0n) is 42.8. The van der Waals surface area contributed by atoms with Gasteiger partial charge in [-0.1, -0.05) is 32.4 Å². The molecule has 0 amide bonds. The fourth-order valence-corrected chi connectivity index (χ4v) is 10.5. The van der Waals surface area contributed by atoms with Crippen molar-refractivity contribution in [2.45, 2.75) is 181 Å². The number of carbonyl (C=O) groups is 3.